The molecule has 0 aliphatic carbocycles. The predicted octanol–water partition coefficient (Wildman–Crippen LogP) is 4.80. The number of imidazole rings is 1. The van der Waals surface area contributed by atoms with Crippen molar-refractivity contribution < 1.29 is 14.5 Å². The van der Waals surface area contributed by atoms with E-state index in [2.05, 4.69) is 4.98 Å². The van der Waals surface area contributed by atoms with Gasteiger partial charge in [0, 0.05) is 11.6 Å². The maximum absolute atomic E-state index is 12.6. The fraction of sp³-hybridized carbons (Fsp3) is 0.0476. The van der Waals surface area contributed by atoms with Gasteiger partial charge in [-0.15, -0.1) is 0 Å². The molecule has 0 N–H and O–H groups in total. The van der Waals surface area contributed by atoms with E-state index in [-0.39, 0.29) is 12.3 Å². The molecule has 0 aliphatic rings. The van der Waals surface area contributed by atoms with Crippen LogP contribution in [0.25, 0.3) is 22.2 Å². The Morgan fingerprint density at radius 1 is 1.00 bits per heavy atom. The molecule has 7 heteroatoms. The van der Waals surface area contributed by atoms with Crippen molar-refractivity contribution in [3.05, 3.63) is 94.8 Å². The van der Waals surface area contributed by atoms with Gasteiger partial charge in [-0.2, -0.15) is 0 Å². The first-order valence-electron chi connectivity index (χ1n) is 8.56. The van der Waals surface area contributed by atoms with Gasteiger partial charge in [-0.25, -0.2) is 14.3 Å². The third-order valence-electron chi connectivity index (χ3n) is 4.40. The van der Waals surface area contributed by atoms with Crippen LogP contribution in [0.15, 0.2) is 79.1 Å². The minimum Gasteiger partial charge on any atom is -0.444 e. The zero-order valence-electron chi connectivity index (χ0n) is 14.7. The lowest BCUT2D eigenvalue weighted by Crippen LogP contribution is -2.13. The molecule has 0 saturated heterocycles. The van der Waals surface area contributed by atoms with E-state index >= 15 is 0 Å². The number of aromatic nitrogens is 2. The molecule has 0 saturated carbocycles. The largest absolute Gasteiger partial charge is 0.444 e. The Bertz CT molecular complexity index is 1170. The van der Waals surface area contributed by atoms with Crippen LogP contribution < -0.4 is 0 Å². The molecule has 0 bridgehead atoms. The number of nitrogens with zero attached hydrogens (tertiary/aromatic N) is 3. The van der Waals surface area contributed by atoms with E-state index in [9.17, 15) is 14.9 Å². The van der Waals surface area contributed by atoms with E-state index in [0.29, 0.717) is 16.6 Å². The van der Waals surface area contributed by atoms with Crippen molar-refractivity contribution >= 4 is 22.8 Å². The standard InChI is InChI=1S/C21H15N3O4/c25-21(28-13-16-9-4-5-11-18(16)24(26)27)23-14-22-20-17(10-6-12-19(20)23)15-7-2-1-3-8-15/h1-12,14H,13H2. The molecule has 7 nitrogen and oxygen atoms in total. The Morgan fingerprint density at radius 2 is 1.75 bits per heavy atom. The van der Waals surface area contributed by atoms with Crippen molar-refractivity contribution in [2.75, 3.05) is 0 Å². The van der Waals surface area contributed by atoms with Crippen LogP contribution >= 0.6 is 0 Å². The number of carbonyl (C=O) groups excluding carboxylic acids is 1. The van der Waals surface area contributed by atoms with Gasteiger partial charge < -0.3 is 4.74 Å². The van der Waals surface area contributed by atoms with Gasteiger partial charge >= 0.3 is 6.09 Å². The summed E-state index contributed by atoms with van der Waals surface area (Å²) in [6, 6.07) is 21.5. The highest BCUT2D eigenvalue weighted by Crippen LogP contribution is 2.27. The van der Waals surface area contributed by atoms with Crippen molar-refractivity contribution in [3.8, 4) is 11.1 Å². The van der Waals surface area contributed by atoms with Gasteiger partial charge in [-0.1, -0.05) is 54.6 Å². The molecule has 4 rings (SSSR count). The maximum Gasteiger partial charge on any atom is 0.420 e. The summed E-state index contributed by atoms with van der Waals surface area (Å²) in [4.78, 5) is 27.5. The zero-order chi connectivity index (χ0) is 19.5. The summed E-state index contributed by atoms with van der Waals surface area (Å²) >= 11 is 0. The minimum absolute atomic E-state index is 0.0860. The van der Waals surface area contributed by atoms with Crippen LogP contribution in [0.1, 0.15) is 5.56 Å². The number of nitro groups is 1. The van der Waals surface area contributed by atoms with Crippen LogP contribution in [0.3, 0.4) is 0 Å². The number of carbonyl (C=O) groups is 1. The highest BCUT2D eigenvalue weighted by Gasteiger charge is 2.17. The molecular weight excluding hydrogens is 358 g/mol. The predicted molar refractivity (Wildman–Crippen MR) is 104 cm³/mol. The third kappa shape index (κ3) is 3.21. The van der Waals surface area contributed by atoms with E-state index in [0.717, 1.165) is 11.1 Å². The molecule has 3 aromatic carbocycles. The van der Waals surface area contributed by atoms with E-state index in [4.69, 9.17) is 4.74 Å². The highest BCUT2D eigenvalue weighted by atomic mass is 16.6. The second-order valence-electron chi connectivity index (χ2n) is 6.09. The summed E-state index contributed by atoms with van der Waals surface area (Å²) in [6.07, 6.45) is 0.754. The SMILES string of the molecule is O=C(OCc1ccccc1[N+](=O)[O-])n1cnc2c(-c3ccccc3)cccc21. The van der Waals surface area contributed by atoms with Crippen molar-refractivity contribution in [2.24, 2.45) is 0 Å². The Morgan fingerprint density at radius 3 is 2.54 bits per heavy atom. The normalized spacial score (nSPS) is 10.7. The van der Waals surface area contributed by atoms with Crippen LogP contribution in [-0.2, 0) is 11.3 Å². The average Bonchev–Trinajstić information content (AvgIpc) is 3.17. The Labute approximate surface area is 160 Å². The monoisotopic (exact) mass is 373 g/mol. The smallest absolute Gasteiger partial charge is 0.420 e. The van der Waals surface area contributed by atoms with Crippen LogP contribution in [0.2, 0.25) is 0 Å². The summed E-state index contributed by atoms with van der Waals surface area (Å²) in [5.41, 5.74) is 3.42. The molecule has 0 atom stereocenters. The fourth-order valence-electron chi connectivity index (χ4n) is 3.06. The molecule has 1 aromatic heterocycles. The summed E-state index contributed by atoms with van der Waals surface area (Å²) in [6.45, 7) is -0.200. The molecule has 0 unspecified atom stereocenters. The number of rotatable bonds is 4. The van der Waals surface area contributed by atoms with Gasteiger partial charge in [0.15, 0.2) is 0 Å². The molecule has 0 fully saturated rings. The molecule has 0 aliphatic heterocycles. The molecule has 0 spiro atoms. The van der Waals surface area contributed by atoms with E-state index in [1.165, 1.54) is 17.0 Å². The molecule has 0 radical (unpaired) electrons. The van der Waals surface area contributed by atoms with E-state index in [1.54, 1.807) is 24.3 Å². The topological polar surface area (TPSA) is 87.3 Å². The van der Waals surface area contributed by atoms with Gasteiger partial charge in [-0.05, 0) is 17.7 Å². The van der Waals surface area contributed by atoms with Gasteiger partial charge in [0.25, 0.3) is 5.69 Å². The number of fused-ring (bicyclic) bond motifs is 1. The molecule has 1 heterocycles. The number of hydrogen-bond acceptors (Lipinski definition) is 5. The Kier molecular flexibility index (Phi) is 4.55. The first-order valence-corrected chi connectivity index (χ1v) is 8.56. The summed E-state index contributed by atoms with van der Waals surface area (Å²) in [5, 5.41) is 11.1. The molecule has 4 aromatic rings. The maximum atomic E-state index is 12.6. The number of hydrogen-bond donors (Lipinski definition) is 0. The first-order chi connectivity index (χ1) is 13.6. The van der Waals surface area contributed by atoms with Crippen LogP contribution in [0, 0.1) is 10.1 Å². The van der Waals surface area contributed by atoms with Gasteiger partial charge in [-0.3, -0.25) is 10.1 Å². The summed E-state index contributed by atoms with van der Waals surface area (Å²) in [5.74, 6) is 0. The van der Waals surface area contributed by atoms with Crippen LogP contribution in [-0.4, -0.2) is 20.6 Å². The van der Waals surface area contributed by atoms with Crippen molar-refractivity contribution in [1.29, 1.82) is 0 Å². The van der Waals surface area contributed by atoms with Gasteiger partial charge in [0.2, 0.25) is 0 Å². The van der Waals surface area contributed by atoms with Gasteiger partial charge in [0.05, 0.1) is 21.5 Å². The van der Waals surface area contributed by atoms with E-state index in [1.807, 2.05) is 42.5 Å². The highest BCUT2D eigenvalue weighted by molar-refractivity contribution is 5.96. The number of para-hydroxylation sites is 2. The van der Waals surface area contributed by atoms with Gasteiger partial charge in [0.1, 0.15) is 12.9 Å². The lowest BCUT2D eigenvalue weighted by atomic mass is 10.0. The fourth-order valence-corrected chi connectivity index (χ4v) is 3.06. The van der Waals surface area contributed by atoms with E-state index < -0.39 is 11.0 Å². The number of ether oxygens (including phenoxy) is 1. The lowest BCUT2D eigenvalue weighted by Gasteiger charge is -2.07. The lowest BCUT2D eigenvalue weighted by molar-refractivity contribution is -0.385. The first kappa shape index (κ1) is 17.4. The van der Waals surface area contributed by atoms with Crippen LogP contribution in [0.5, 0.6) is 0 Å². The molecule has 28 heavy (non-hydrogen) atoms. The second-order valence-corrected chi connectivity index (χ2v) is 6.09. The molecule has 0 amide bonds. The Balaban J connectivity index is 1.62. The third-order valence-corrected chi connectivity index (χ3v) is 4.40. The van der Waals surface area contributed by atoms with Crippen LogP contribution in [0.4, 0.5) is 10.5 Å². The quantitative estimate of drug-likeness (QED) is 0.379. The van der Waals surface area contributed by atoms with Crippen molar-refractivity contribution in [2.45, 2.75) is 6.61 Å². The second kappa shape index (κ2) is 7.32. The summed E-state index contributed by atoms with van der Waals surface area (Å²) < 4.78 is 6.60. The van der Waals surface area contributed by atoms with Crippen molar-refractivity contribution in [1.82, 2.24) is 9.55 Å². The minimum atomic E-state index is -0.647. The molecule has 138 valence electrons. The number of nitro benzene ring substituents is 1. The average molecular weight is 373 g/mol. The molecular formula is C21H15N3O4. The zero-order valence-corrected chi connectivity index (χ0v) is 14.7. The van der Waals surface area contributed by atoms with Crippen molar-refractivity contribution in [3.63, 3.8) is 0 Å². The summed E-state index contributed by atoms with van der Waals surface area (Å²) in [7, 11) is 0. The Hall–Kier alpha value is -4.00. The number of benzene rings is 3.